The summed E-state index contributed by atoms with van der Waals surface area (Å²) in [5.74, 6) is 0.811. The van der Waals surface area contributed by atoms with E-state index in [4.69, 9.17) is 5.73 Å². The van der Waals surface area contributed by atoms with Crippen molar-refractivity contribution in [3.63, 3.8) is 0 Å². The fourth-order valence-corrected chi connectivity index (χ4v) is 3.17. The molecule has 0 spiro atoms. The normalized spacial score (nSPS) is 24.3. The molecule has 0 aromatic rings. The molecule has 21 heavy (non-hydrogen) atoms. The van der Waals surface area contributed by atoms with Gasteiger partial charge in [0.05, 0.1) is 6.04 Å². The molecule has 124 valence electrons. The van der Waals surface area contributed by atoms with Gasteiger partial charge in [0.25, 0.3) is 0 Å². The van der Waals surface area contributed by atoms with Gasteiger partial charge in [-0.25, -0.2) is 0 Å². The molecule has 0 aromatic heterocycles. The number of nitrogens with zero attached hydrogens (tertiary/aromatic N) is 1. The zero-order valence-corrected chi connectivity index (χ0v) is 14.4. The maximum absolute atomic E-state index is 12.4. The Balaban J connectivity index is 2.51. The van der Waals surface area contributed by atoms with E-state index in [1.807, 2.05) is 0 Å². The Hall–Kier alpha value is -0.610. The van der Waals surface area contributed by atoms with Gasteiger partial charge in [0.15, 0.2) is 0 Å². The fraction of sp³-hybridized carbons (Fsp3) is 0.941. The summed E-state index contributed by atoms with van der Waals surface area (Å²) in [5.41, 5.74) is 6.00. The van der Waals surface area contributed by atoms with Crippen LogP contribution < -0.4 is 11.1 Å². The summed E-state index contributed by atoms with van der Waals surface area (Å²) in [6.07, 6.45) is 6.57. The lowest BCUT2D eigenvalue weighted by Gasteiger charge is -2.39. The zero-order valence-electron chi connectivity index (χ0n) is 14.4. The molecule has 0 saturated heterocycles. The van der Waals surface area contributed by atoms with Crippen molar-refractivity contribution in [3.8, 4) is 0 Å². The Morgan fingerprint density at radius 2 is 1.86 bits per heavy atom. The predicted octanol–water partition coefficient (Wildman–Crippen LogP) is 2.52. The molecule has 0 aromatic carbocycles. The molecule has 1 atom stereocenters. The minimum absolute atomic E-state index is 0.0311. The van der Waals surface area contributed by atoms with E-state index in [9.17, 15) is 4.79 Å². The summed E-state index contributed by atoms with van der Waals surface area (Å²) >= 11 is 0. The molecule has 1 fully saturated rings. The molecule has 1 aliphatic rings. The van der Waals surface area contributed by atoms with Gasteiger partial charge in [0, 0.05) is 18.6 Å². The molecule has 0 aliphatic heterocycles. The summed E-state index contributed by atoms with van der Waals surface area (Å²) < 4.78 is 0. The van der Waals surface area contributed by atoms with E-state index in [2.05, 4.69) is 37.9 Å². The van der Waals surface area contributed by atoms with Crippen molar-refractivity contribution < 1.29 is 4.79 Å². The number of rotatable bonds is 8. The van der Waals surface area contributed by atoms with Crippen molar-refractivity contribution in [3.05, 3.63) is 0 Å². The Labute approximate surface area is 130 Å². The summed E-state index contributed by atoms with van der Waals surface area (Å²) in [6.45, 7) is 10.4. The van der Waals surface area contributed by atoms with Crippen molar-refractivity contribution in [1.29, 1.82) is 0 Å². The number of hydrogen-bond acceptors (Lipinski definition) is 3. The van der Waals surface area contributed by atoms with Crippen molar-refractivity contribution in [2.45, 2.75) is 84.3 Å². The zero-order chi connectivity index (χ0) is 15.8. The largest absolute Gasteiger partial charge is 0.355 e. The second-order valence-electron chi connectivity index (χ2n) is 6.96. The van der Waals surface area contributed by atoms with Crippen LogP contribution in [0.3, 0.4) is 0 Å². The maximum atomic E-state index is 12.4. The predicted molar refractivity (Wildman–Crippen MR) is 89.2 cm³/mol. The highest BCUT2D eigenvalue weighted by Crippen LogP contribution is 2.24. The smallest absolute Gasteiger partial charge is 0.237 e. The van der Waals surface area contributed by atoms with Crippen molar-refractivity contribution in [2.75, 3.05) is 13.1 Å². The summed E-state index contributed by atoms with van der Waals surface area (Å²) in [4.78, 5) is 14.8. The van der Waals surface area contributed by atoms with E-state index >= 15 is 0 Å². The quantitative estimate of drug-likeness (QED) is 0.724. The van der Waals surface area contributed by atoms with E-state index in [-0.39, 0.29) is 11.9 Å². The number of hydrogen-bond donors (Lipinski definition) is 2. The third-order valence-electron chi connectivity index (χ3n) is 4.59. The number of carbonyl (C=O) groups is 1. The van der Waals surface area contributed by atoms with Crippen LogP contribution >= 0.6 is 0 Å². The van der Waals surface area contributed by atoms with Gasteiger partial charge in [-0.3, -0.25) is 9.69 Å². The van der Waals surface area contributed by atoms with Gasteiger partial charge in [0.2, 0.25) is 5.91 Å². The van der Waals surface area contributed by atoms with Gasteiger partial charge in [-0.15, -0.1) is 0 Å². The molecule has 1 aliphatic carbocycles. The van der Waals surface area contributed by atoms with Crippen LogP contribution in [-0.4, -0.2) is 42.0 Å². The van der Waals surface area contributed by atoms with Crippen LogP contribution in [0.4, 0.5) is 0 Å². The standard InChI is InChI=1S/C17H35N3O/c1-5-12-20(16-8-6-15(18)7-9-16)14(4)17(21)19-11-10-13(2)3/h13-16H,5-12,18H2,1-4H3,(H,19,21). The Morgan fingerprint density at radius 1 is 1.24 bits per heavy atom. The summed E-state index contributed by atoms with van der Waals surface area (Å²) in [7, 11) is 0. The second-order valence-corrected chi connectivity index (χ2v) is 6.96. The number of amides is 1. The van der Waals surface area contributed by atoms with Gasteiger partial charge in [-0.2, -0.15) is 0 Å². The fourth-order valence-electron chi connectivity index (χ4n) is 3.17. The van der Waals surface area contributed by atoms with Crippen LogP contribution in [0, 0.1) is 5.92 Å². The highest BCUT2D eigenvalue weighted by atomic mass is 16.2. The van der Waals surface area contributed by atoms with Gasteiger partial charge in [0.1, 0.15) is 0 Å². The molecule has 0 bridgehead atoms. The molecule has 0 radical (unpaired) electrons. The van der Waals surface area contributed by atoms with Crippen molar-refractivity contribution >= 4 is 5.91 Å². The Bertz CT molecular complexity index is 298. The highest BCUT2D eigenvalue weighted by molar-refractivity contribution is 5.81. The first kappa shape index (κ1) is 18.4. The third kappa shape index (κ3) is 6.35. The molecular formula is C17H35N3O. The topological polar surface area (TPSA) is 58.4 Å². The average Bonchev–Trinajstić information content (AvgIpc) is 2.44. The van der Waals surface area contributed by atoms with Crippen LogP contribution in [0.1, 0.15) is 66.2 Å². The van der Waals surface area contributed by atoms with Gasteiger partial charge < -0.3 is 11.1 Å². The molecular weight excluding hydrogens is 262 g/mol. The van der Waals surface area contributed by atoms with E-state index in [1.54, 1.807) is 0 Å². The first-order valence-corrected chi connectivity index (χ1v) is 8.74. The lowest BCUT2D eigenvalue weighted by molar-refractivity contribution is -0.127. The maximum Gasteiger partial charge on any atom is 0.237 e. The van der Waals surface area contributed by atoms with Crippen LogP contribution in [0.15, 0.2) is 0 Å². The van der Waals surface area contributed by atoms with Gasteiger partial charge >= 0.3 is 0 Å². The monoisotopic (exact) mass is 297 g/mol. The van der Waals surface area contributed by atoms with E-state index in [0.29, 0.717) is 18.0 Å². The molecule has 1 rings (SSSR count). The van der Waals surface area contributed by atoms with E-state index in [1.165, 1.54) is 0 Å². The van der Waals surface area contributed by atoms with Gasteiger partial charge in [-0.1, -0.05) is 20.8 Å². The third-order valence-corrected chi connectivity index (χ3v) is 4.59. The number of nitrogens with one attached hydrogen (secondary N) is 1. The van der Waals surface area contributed by atoms with Crippen LogP contribution in [-0.2, 0) is 4.79 Å². The Kier molecular flexibility index (Phi) is 8.27. The van der Waals surface area contributed by atoms with Crippen LogP contribution in [0.5, 0.6) is 0 Å². The molecule has 1 saturated carbocycles. The molecule has 4 heteroatoms. The number of nitrogens with two attached hydrogens (primary N) is 1. The first-order valence-electron chi connectivity index (χ1n) is 8.74. The summed E-state index contributed by atoms with van der Waals surface area (Å²) in [6, 6.07) is 0.854. The Morgan fingerprint density at radius 3 is 2.38 bits per heavy atom. The first-order chi connectivity index (χ1) is 9.95. The van der Waals surface area contributed by atoms with Crippen molar-refractivity contribution in [2.24, 2.45) is 11.7 Å². The minimum atomic E-state index is -0.0311. The highest BCUT2D eigenvalue weighted by Gasteiger charge is 2.29. The molecule has 4 nitrogen and oxygen atoms in total. The molecule has 1 amide bonds. The molecule has 3 N–H and O–H groups in total. The van der Waals surface area contributed by atoms with E-state index in [0.717, 1.165) is 51.6 Å². The molecule has 1 unspecified atom stereocenters. The minimum Gasteiger partial charge on any atom is -0.355 e. The average molecular weight is 297 g/mol. The lowest BCUT2D eigenvalue weighted by Crippen LogP contribution is -2.51. The summed E-state index contributed by atoms with van der Waals surface area (Å²) in [5, 5.41) is 3.10. The molecule has 0 heterocycles. The van der Waals surface area contributed by atoms with Crippen LogP contribution in [0.2, 0.25) is 0 Å². The van der Waals surface area contributed by atoms with Gasteiger partial charge in [-0.05, 0) is 57.9 Å². The SMILES string of the molecule is CCCN(C1CCC(N)CC1)C(C)C(=O)NCCC(C)C. The van der Waals surface area contributed by atoms with Crippen LogP contribution in [0.25, 0.3) is 0 Å². The van der Waals surface area contributed by atoms with Crippen molar-refractivity contribution in [1.82, 2.24) is 10.2 Å². The number of carbonyl (C=O) groups excluding carboxylic acids is 1. The lowest BCUT2D eigenvalue weighted by atomic mass is 9.90. The second kappa shape index (κ2) is 9.42. The van der Waals surface area contributed by atoms with E-state index < -0.39 is 0 Å².